The Hall–Kier alpha value is -1.13. The second-order valence-electron chi connectivity index (χ2n) is 4.45. The molecule has 1 unspecified atom stereocenters. The Morgan fingerprint density at radius 3 is 2.94 bits per heavy atom. The fraction of sp³-hybridized carbons (Fsp3) is 0.538. The highest BCUT2D eigenvalue weighted by atomic mass is 19.1. The zero-order valence-corrected chi connectivity index (χ0v) is 10.2. The summed E-state index contributed by atoms with van der Waals surface area (Å²) in [4.78, 5) is 2.16. The maximum atomic E-state index is 13.5. The fourth-order valence-corrected chi connectivity index (χ4v) is 2.28. The van der Waals surface area contributed by atoms with Gasteiger partial charge in [0.25, 0.3) is 0 Å². The van der Waals surface area contributed by atoms with Crippen LogP contribution < -0.4 is 10.6 Å². The monoisotopic (exact) mass is 238 g/mol. The minimum atomic E-state index is -0.188. The summed E-state index contributed by atoms with van der Waals surface area (Å²) >= 11 is 0. The highest BCUT2D eigenvalue weighted by Crippen LogP contribution is 2.24. The predicted octanol–water partition coefficient (Wildman–Crippen LogP) is 1.55. The maximum absolute atomic E-state index is 13.5. The molecule has 1 aromatic carbocycles. The summed E-state index contributed by atoms with van der Waals surface area (Å²) in [6.45, 7) is 2.30. The number of methoxy groups -OCH3 is 1. The van der Waals surface area contributed by atoms with Gasteiger partial charge in [0.2, 0.25) is 0 Å². The van der Waals surface area contributed by atoms with Gasteiger partial charge >= 0.3 is 0 Å². The molecular formula is C13H19FN2O. The summed E-state index contributed by atoms with van der Waals surface area (Å²) in [6, 6.07) is 5.16. The van der Waals surface area contributed by atoms with E-state index in [-0.39, 0.29) is 11.9 Å². The van der Waals surface area contributed by atoms with E-state index in [2.05, 4.69) is 4.90 Å². The van der Waals surface area contributed by atoms with Crippen molar-refractivity contribution in [3.63, 3.8) is 0 Å². The van der Waals surface area contributed by atoms with Crippen molar-refractivity contribution in [1.82, 2.24) is 0 Å². The topological polar surface area (TPSA) is 38.5 Å². The van der Waals surface area contributed by atoms with Crippen LogP contribution in [-0.4, -0.2) is 32.8 Å². The number of halogens is 1. The third kappa shape index (κ3) is 2.96. The van der Waals surface area contributed by atoms with Gasteiger partial charge in [0, 0.05) is 25.9 Å². The summed E-state index contributed by atoms with van der Waals surface area (Å²) in [7, 11) is 1.72. The molecule has 17 heavy (non-hydrogen) atoms. The van der Waals surface area contributed by atoms with Crippen LogP contribution in [0.25, 0.3) is 0 Å². The van der Waals surface area contributed by atoms with E-state index in [1.165, 1.54) is 0 Å². The molecule has 0 saturated carbocycles. The second kappa shape index (κ2) is 5.47. The van der Waals surface area contributed by atoms with E-state index in [0.29, 0.717) is 13.0 Å². The van der Waals surface area contributed by atoms with E-state index in [0.717, 1.165) is 30.8 Å². The molecule has 0 spiro atoms. The maximum Gasteiger partial charge on any atom is 0.125 e. The van der Waals surface area contributed by atoms with E-state index >= 15 is 0 Å². The Labute approximate surface area is 101 Å². The molecule has 2 N–H and O–H groups in total. The standard InChI is InChI=1S/C13H19FN2O/c1-17-13-3-5-16(9-13)12-7-10(2-4-15)6-11(14)8-12/h6-8,13H,2-5,9,15H2,1H3. The van der Waals surface area contributed by atoms with Crippen LogP contribution in [0, 0.1) is 5.82 Å². The van der Waals surface area contributed by atoms with Gasteiger partial charge < -0.3 is 15.4 Å². The van der Waals surface area contributed by atoms with Crippen LogP contribution in [0.15, 0.2) is 18.2 Å². The van der Waals surface area contributed by atoms with Gasteiger partial charge in [-0.25, -0.2) is 4.39 Å². The SMILES string of the molecule is COC1CCN(c2cc(F)cc(CCN)c2)C1. The number of hydrogen-bond donors (Lipinski definition) is 1. The molecule has 1 heterocycles. The van der Waals surface area contributed by atoms with Crippen LogP contribution in [0.1, 0.15) is 12.0 Å². The minimum absolute atomic E-state index is 0.188. The van der Waals surface area contributed by atoms with Gasteiger partial charge in [0.05, 0.1) is 6.10 Å². The lowest BCUT2D eigenvalue weighted by molar-refractivity contribution is 0.121. The van der Waals surface area contributed by atoms with Crippen LogP contribution in [0.4, 0.5) is 10.1 Å². The summed E-state index contributed by atoms with van der Waals surface area (Å²) in [5.41, 5.74) is 7.40. The molecule has 1 saturated heterocycles. The van der Waals surface area contributed by atoms with Crippen LogP contribution >= 0.6 is 0 Å². The third-order valence-electron chi connectivity index (χ3n) is 3.22. The van der Waals surface area contributed by atoms with Crippen molar-refractivity contribution in [2.45, 2.75) is 18.9 Å². The quantitative estimate of drug-likeness (QED) is 0.865. The summed E-state index contributed by atoms with van der Waals surface area (Å²) in [5, 5.41) is 0. The molecule has 1 atom stereocenters. The first kappa shape index (κ1) is 12.3. The Kier molecular flexibility index (Phi) is 3.97. The molecule has 0 aromatic heterocycles. The predicted molar refractivity (Wildman–Crippen MR) is 66.8 cm³/mol. The number of anilines is 1. The lowest BCUT2D eigenvalue weighted by atomic mass is 10.1. The molecule has 0 aliphatic carbocycles. The summed E-state index contributed by atoms with van der Waals surface area (Å²) in [6.07, 6.45) is 1.97. The molecule has 1 aliphatic rings. The molecule has 0 radical (unpaired) electrons. The third-order valence-corrected chi connectivity index (χ3v) is 3.22. The number of rotatable bonds is 4. The van der Waals surface area contributed by atoms with Crippen molar-refractivity contribution in [3.05, 3.63) is 29.6 Å². The Balaban J connectivity index is 2.15. The molecule has 1 fully saturated rings. The molecule has 1 aromatic rings. The molecule has 2 rings (SSSR count). The highest BCUT2D eigenvalue weighted by molar-refractivity contribution is 5.50. The Morgan fingerprint density at radius 1 is 1.47 bits per heavy atom. The van der Waals surface area contributed by atoms with Crippen molar-refractivity contribution in [2.75, 3.05) is 31.6 Å². The molecule has 4 heteroatoms. The lowest BCUT2D eigenvalue weighted by Crippen LogP contribution is -2.22. The van der Waals surface area contributed by atoms with Gasteiger partial charge in [-0.15, -0.1) is 0 Å². The highest BCUT2D eigenvalue weighted by Gasteiger charge is 2.22. The number of benzene rings is 1. The van der Waals surface area contributed by atoms with Gasteiger partial charge in [-0.05, 0) is 43.1 Å². The zero-order chi connectivity index (χ0) is 12.3. The van der Waals surface area contributed by atoms with Crippen molar-refractivity contribution in [1.29, 1.82) is 0 Å². The van der Waals surface area contributed by atoms with E-state index in [4.69, 9.17) is 10.5 Å². The van der Waals surface area contributed by atoms with Gasteiger partial charge in [-0.1, -0.05) is 0 Å². The first-order chi connectivity index (χ1) is 8.22. The molecule has 0 amide bonds. The summed E-state index contributed by atoms with van der Waals surface area (Å²) < 4.78 is 18.8. The molecular weight excluding hydrogens is 219 g/mol. The van der Waals surface area contributed by atoms with Crippen LogP contribution in [-0.2, 0) is 11.2 Å². The summed E-state index contributed by atoms with van der Waals surface area (Å²) in [5.74, 6) is -0.188. The molecule has 3 nitrogen and oxygen atoms in total. The number of nitrogens with two attached hydrogens (primary N) is 1. The smallest absolute Gasteiger partial charge is 0.125 e. The number of ether oxygens (including phenoxy) is 1. The number of hydrogen-bond acceptors (Lipinski definition) is 3. The van der Waals surface area contributed by atoms with Crippen LogP contribution in [0.5, 0.6) is 0 Å². The average molecular weight is 238 g/mol. The van der Waals surface area contributed by atoms with Crippen molar-refractivity contribution in [2.24, 2.45) is 5.73 Å². The Bertz CT molecular complexity index is 384. The van der Waals surface area contributed by atoms with Gasteiger partial charge in [0.1, 0.15) is 5.82 Å². The second-order valence-corrected chi connectivity index (χ2v) is 4.45. The van der Waals surface area contributed by atoms with Crippen molar-refractivity contribution < 1.29 is 9.13 Å². The normalized spacial score (nSPS) is 19.9. The zero-order valence-electron chi connectivity index (χ0n) is 10.2. The molecule has 94 valence electrons. The van der Waals surface area contributed by atoms with E-state index < -0.39 is 0 Å². The Morgan fingerprint density at radius 2 is 2.29 bits per heavy atom. The van der Waals surface area contributed by atoms with Gasteiger partial charge in [-0.2, -0.15) is 0 Å². The molecule has 1 aliphatic heterocycles. The van der Waals surface area contributed by atoms with Crippen LogP contribution in [0.3, 0.4) is 0 Å². The first-order valence-corrected chi connectivity index (χ1v) is 6.00. The van der Waals surface area contributed by atoms with E-state index in [1.54, 1.807) is 19.2 Å². The minimum Gasteiger partial charge on any atom is -0.380 e. The van der Waals surface area contributed by atoms with E-state index in [9.17, 15) is 4.39 Å². The fourth-order valence-electron chi connectivity index (χ4n) is 2.28. The van der Waals surface area contributed by atoms with Gasteiger partial charge in [0.15, 0.2) is 0 Å². The van der Waals surface area contributed by atoms with E-state index in [1.807, 2.05) is 6.07 Å². The number of nitrogens with zero attached hydrogens (tertiary/aromatic N) is 1. The largest absolute Gasteiger partial charge is 0.380 e. The first-order valence-electron chi connectivity index (χ1n) is 6.00. The van der Waals surface area contributed by atoms with Gasteiger partial charge in [-0.3, -0.25) is 0 Å². The molecule has 0 bridgehead atoms. The van der Waals surface area contributed by atoms with Crippen molar-refractivity contribution in [3.8, 4) is 0 Å². The lowest BCUT2D eigenvalue weighted by Gasteiger charge is -2.19. The van der Waals surface area contributed by atoms with Crippen molar-refractivity contribution >= 4 is 5.69 Å². The van der Waals surface area contributed by atoms with Crippen LogP contribution in [0.2, 0.25) is 0 Å². The average Bonchev–Trinajstić information content (AvgIpc) is 2.77.